The Morgan fingerprint density at radius 3 is 2.23 bits per heavy atom. The van der Waals surface area contributed by atoms with Gasteiger partial charge in [0.05, 0.1) is 11.4 Å². The predicted molar refractivity (Wildman–Crippen MR) is 97.0 cm³/mol. The monoisotopic (exact) mass is 353 g/mol. The number of fused-ring (bicyclic) bond motifs is 1. The van der Waals surface area contributed by atoms with Gasteiger partial charge in [-0.25, -0.2) is 4.52 Å². The molecule has 9 heteroatoms. The van der Waals surface area contributed by atoms with E-state index in [1.54, 1.807) is 4.52 Å². The molecular weight excluding hydrogens is 330 g/mol. The molecule has 26 heavy (non-hydrogen) atoms. The minimum atomic E-state index is -0.242. The van der Waals surface area contributed by atoms with Crippen molar-refractivity contribution in [3.05, 3.63) is 22.8 Å². The molecule has 0 saturated heterocycles. The van der Waals surface area contributed by atoms with Crippen LogP contribution in [0, 0.1) is 18.3 Å². The highest BCUT2D eigenvalue weighted by molar-refractivity contribution is 5.68. The summed E-state index contributed by atoms with van der Waals surface area (Å²) < 4.78 is 1.78. The lowest BCUT2D eigenvalue weighted by molar-refractivity contribution is 0.561. The Morgan fingerprint density at radius 1 is 1.00 bits per heavy atom. The van der Waals surface area contributed by atoms with Crippen molar-refractivity contribution in [2.45, 2.75) is 59.3 Å². The van der Waals surface area contributed by atoms with Gasteiger partial charge in [0.1, 0.15) is 17.5 Å². The van der Waals surface area contributed by atoms with E-state index in [4.69, 9.17) is 0 Å². The molecule has 3 aromatic heterocycles. The van der Waals surface area contributed by atoms with Crippen LogP contribution in [0.25, 0.3) is 5.65 Å². The van der Waals surface area contributed by atoms with Crippen molar-refractivity contribution in [2.75, 3.05) is 0 Å². The fraction of sp³-hybridized carbons (Fsp3) is 0.529. The first-order chi connectivity index (χ1) is 12.0. The topological polar surface area (TPSA) is 123 Å². The van der Waals surface area contributed by atoms with Gasteiger partial charge in [0.15, 0.2) is 5.69 Å². The molecule has 0 fully saturated rings. The Balaban J connectivity index is 2.13. The summed E-state index contributed by atoms with van der Waals surface area (Å²) in [7, 11) is 0. The zero-order valence-corrected chi connectivity index (χ0v) is 16.1. The molecule has 0 amide bonds. The number of rotatable bonds is 2. The van der Waals surface area contributed by atoms with Gasteiger partial charge in [-0.05, 0) is 6.92 Å². The van der Waals surface area contributed by atoms with E-state index in [9.17, 15) is 5.26 Å². The van der Waals surface area contributed by atoms with Gasteiger partial charge >= 0.3 is 0 Å². The molecule has 0 aliphatic carbocycles. The molecule has 0 aliphatic rings. The van der Waals surface area contributed by atoms with Crippen LogP contribution < -0.4 is 0 Å². The van der Waals surface area contributed by atoms with Crippen molar-refractivity contribution in [2.24, 2.45) is 10.2 Å². The summed E-state index contributed by atoms with van der Waals surface area (Å²) in [4.78, 5) is 0. The van der Waals surface area contributed by atoms with Crippen LogP contribution >= 0.6 is 0 Å². The molecule has 9 nitrogen and oxygen atoms in total. The van der Waals surface area contributed by atoms with Gasteiger partial charge in [-0.15, -0.1) is 20.4 Å². The molecule has 3 rings (SSSR count). The zero-order chi connectivity index (χ0) is 19.3. The molecule has 3 aromatic rings. The smallest absolute Gasteiger partial charge is 0.213 e. The van der Waals surface area contributed by atoms with Crippen molar-refractivity contribution in [3.8, 4) is 6.07 Å². The molecule has 0 aromatic carbocycles. The van der Waals surface area contributed by atoms with E-state index in [-0.39, 0.29) is 16.6 Å². The maximum absolute atomic E-state index is 9.52. The second kappa shape index (κ2) is 5.76. The van der Waals surface area contributed by atoms with Crippen LogP contribution in [0.4, 0.5) is 11.5 Å². The highest BCUT2D eigenvalue weighted by atomic mass is 15.4. The second-order valence-electron chi connectivity index (χ2n) is 8.35. The van der Waals surface area contributed by atoms with Gasteiger partial charge < -0.3 is 0 Å². The molecule has 0 aliphatic heterocycles. The molecule has 0 spiro atoms. The number of aromatic amines is 2. The molecule has 0 unspecified atom stereocenters. The predicted octanol–water partition coefficient (Wildman–Crippen LogP) is 3.97. The molecule has 3 heterocycles. The van der Waals surface area contributed by atoms with E-state index in [0.29, 0.717) is 16.9 Å². The van der Waals surface area contributed by atoms with Gasteiger partial charge in [0.25, 0.3) is 0 Å². The first kappa shape index (κ1) is 17.8. The Hall–Kier alpha value is -3.02. The van der Waals surface area contributed by atoms with Gasteiger partial charge in [-0.1, -0.05) is 41.5 Å². The van der Waals surface area contributed by atoms with Crippen molar-refractivity contribution >= 4 is 17.2 Å². The van der Waals surface area contributed by atoms with E-state index in [2.05, 4.69) is 62.6 Å². The summed E-state index contributed by atoms with van der Waals surface area (Å²) in [5.41, 5.74) is 2.79. The Kier molecular flexibility index (Phi) is 3.94. The van der Waals surface area contributed by atoms with Crippen LogP contribution in [0.3, 0.4) is 0 Å². The van der Waals surface area contributed by atoms with Crippen molar-refractivity contribution in [1.29, 1.82) is 5.26 Å². The molecule has 2 N–H and O–H groups in total. The summed E-state index contributed by atoms with van der Waals surface area (Å²) in [5.74, 6) is 1.01. The number of aryl methyl sites for hydroxylation is 1. The minimum absolute atomic E-state index is 0.193. The number of nitriles is 1. The lowest BCUT2D eigenvalue weighted by atomic mass is 9.90. The van der Waals surface area contributed by atoms with Crippen LogP contribution in [-0.2, 0) is 10.8 Å². The molecular formula is C17H23N9. The summed E-state index contributed by atoms with van der Waals surface area (Å²) >= 11 is 0. The molecule has 0 bridgehead atoms. The fourth-order valence-electron chi connectivity index (χ4n) is 2.69. The number of hydrogen-bond donors (Lipinski definition) is 2. The SMILES string of the molecule is Cc1nnc2c(N=Nc3n[nH]c(C(C)(C)C)c3C#N)c(C(C)(C)C)[nH]n12. The van der Waals surface area contributed by atoms with E-state index in [1.165, 1.54) is 0 Å². The number of nitrogens with one attached hydrogen (secondary N) is 2. The van der Waals surface area contributed by atoms with E-state index < -0.39 is 0 Å². The zero-order valence-electron chi connectivity index (χ0n) is 16.1. The Bertz CT molecular complexity index is 1030. The normalized spacial score (nSPS) is 13.0. The molecule has 0 saturated carbocycles. The fourth-order valence-corrected chi connectivity index (χ4v) is 2.69. The second-order valence-corrected chi connectivity index (χ2v) is 8.35. The lowest BCUT2D eigenvalue weighted by Gasteiger charge is -2.16. The number of H-pyrrole nitrogens is 2. The quantitative estimate of drug-likeness (QED) is 0.676. The Morgan fingerprint density at radius 2 is 1.65 bits per heavy atom. The van der Waals surface area contributed by atoms with Gasteiger partial charge in [0.2, 0.25) is 11.5 Å². The summed E-state index contributed by atoms with van der Waals surface area (Å²) in [5, 5.41) is 36.8. The third-order valence-electron chi connectivity index (χ3n) is 4.10. The summed E-state index contributed by atoms with van der Waals surface area (Å²) in [6.45, 7) is 14.1. The molecule has 0 atom stereocenters. The number of nitrogens with zero attached hydrogens (tertiary/aromatic N) is 7. The number of aromatic nitrogens is 6. The molecule has 0 radical (unpaired) electrons. The van der Waals surface area contributed by atoms with Crippen LogP contribution in [0.15, 0.2) is 10.2 Å². The summed E-state index contributed by atoms with van der Waals surface area (Å²) in [6, 6.07) is 2.18. The first-order valence-electron chi connectivity index (χ1n) is 8.39. The molecule has 136 valence electrons. The van der Waals surface area contributed by atoms with Gasteiger partial charge in [-0.2, -0.15) is 10.4 Å². The van der Waals surface area contributed by atoms with Crippen LogP contribution in [0.5, 0.6) is 0 Å². The van der Waals surface area contributed by atoms with E-state index >= 15 is 0 Å². The van der Waals surface area contributed by atoms with Crippen molar-refractivity contribution in [1.82, 2.24) is 30.0 Å². The average Bonchev–Trinajstić information content (AvgIpc) is 3.18. The van der Waals surface area contributed by atoms with Crippen molar-refractivity contribution in [3.63, 3.8) is 0 Å². The standard InChI is InChI=1S/C17H23N9/c1-9-19-24-15-11(13(17(5,6)7)25-26(9)15)20-22-14-10(8-18)12(21-23-14)16(2,3)4/h25H,1-7H3,(H,21,23). The third kappa shape index (κ3) is 2.87. The van der Waals surface area contributed by atoms with Crippen molar-refractivity contribution < 1.29 is 0 Å². The number of azo groups is 1. The van der Waals surface area contributed by atoms with Crippen LogP contribution in [-0.4, -0.2) is 30.0 Å². The first-order valence-corrected chi connectivity index (χ1v) is 8.39. The van der Waals surface area contributed by atoms with Crippen LogP contribution in [0.1, 0.15) is 64.3 Å². The number of hydrogen-bond acceptors (Lipinski definition) is 6. The highest BCUT2D eigenvalue weighted by Gasteiger charge is 2.27. The highest BCUT2D eigenvalue weighted by Crippen LogP contribution is 2.36. The van der Waals surface area contributed by atoms with E-state index in [1.807, 2.05) is 27.7 Å². The largest absolute Gasteiger partial charge is 0.292 e. The lowest BCUT2D eigenvalue weighted by Crippen LogP contribution is -2.13. The van der Waals surface area contributed by atoms with E-state index in [0.717, 1.165) is 17.2 Å². The van der Waals surface area contributed by atoms with Gasteiger partial charge in [0, 0.05) is 10.8 Å². The average molecular weight is 353 g/mol. The summed E-state index contributed by atoms with van der Waals surface area (Å²) in [6.07, 6.45) is 0. The Labute approximate surface area is 151 Å². The minimum Gasteiger partial charge on any atom is -0.292 e. The maximum atomic E-state index is 9.52. The van der Waals surface area contributed by atoms with Gasteiger partial charge in [-0.3, -0.25) is 10.2 Å². The maximum Gasteiger partial charge on any atom is 0.213 e. The third-order valence-corrected chi connectivity index (χ3v) is 4.10. The van der Waals surface area contributed by atoms with Crippen LogP contribution in [0.2, 0.25) is 0 Å².